The van der Waals surface area contributed by atoms with Gasteiger partial charge in [0.2, 0.25) is 0 Å². The number of likely N-dealkylation sites (tertiary alicyclic amines) is 2. The highest BCUT2D eigenvalue weighted by Crippen LogP contribution is 2.32. The number of hydrogen-bond donors (Lipinski definition) is 0. The molecule has 0 aliphatic carbocycles. The van der Waals surface area contributed by atoms with Gasteiger partial charge >= 0.3 is 6.18 Å². The predicted molar refractivity (Wildman–Crippen MR) is 123 cm³/mol. The molecule has 0 amide bonds. The fraction of sp³-hybridized carbons (Fsp3) is 0.577. The fourth-order valence-corrected chi connectivity index (χ4v) is 5.75. The number of benzene rings is 1. The van der Waals surface area contributed by atoms with E-state index in [1.807, 2.05) is 0 Å². The summed E-state index contributed by atoms with van der Waals surface area (Å²) >= 11 is 0. The second-order valence-electron chi connectivity index (χ2n) is 9.82. The van der Waals surface area contributed by atoms with Crippen molar-refractivity contribution in [3.05, 3.63) is 65.0 Å². The van der Waals surface area contributed by atoms with Gasteiger partial charge in [-0.3, -0.25) is 14.8 Å². The standard InChI is InChI=1S/C26H33F3N4/c27-26(28,29)23-16-22-18-31(11-9-25(22)30-17-23)14-15-32-10-8-24(19-32)33-12-6-21(7-13-33)20-4-2-1-3-5-20/h1-5,16-17,21,24H,6-15,18-19H2. The van der Waals surface area contributed by atoms with Crippen molar-refractivity contribution in [2.24, 2.45) is 0 Å². The highest BCUT2D eigenvalue weighted by Gasteiger charge is 2.33. The molecule has 1 atom stereocenters. The van der Waals surface area contributed by atoms with Crippen LogP contribution in [0.5, 0.6) is 0 Å². The average Bonchev–Trinajstić information content (AvgIpc) is 3.31. The van der Waals surface area contributed by atoms with Crippen molar-refractivity contribution in [2.45, 2.75) is 50.4 Å². The van der Waals surface area contributed by atoms with Gasteiger partial charge in [-0.05, 0) is 62.0 Å². The molecule has 2 aromatic rings. The van der Waals surface area contributed by atoms with Crippen molar-refractivity contribution in [1.82, 2.24) is 19.7 Å². The molecule has 2 fully saturated rings. The van der Waals surface area contributed by atoms with Crippen LogP contribution in [0.1, 0.15) is 47.6 Å². The van der Waals surface area contributed by atoms with Crippen molar-refractivity contribution in [3.8, 4) is 0 Å². The Labute approximate surface area is 194 Å². The van der Waals surface area contributed by atoms with E-state index in [-0.39, 0.29) is 0 Å². The molecule has 33 heavy (non-hydrogen) atoms. The first-order chi connectivity index (χ1) is 16.0. The van der Waals surface area contributed by atoms with Crippen molar-refractivity contribution >= 4 is 0 Å². The highest BCUT2D eigenvalue weighted by atomic mass is 19.4. The summed E-state index contributed by atoms with van der Waals surface area (Å²) < 4.78 is 39.1. The Kier molecular flexibility index (Phi) is 6.72. The second kappa shape index (κ2) is 9.72. The Morgan fingerprint density at radius 3 is 2.42 bits per heavy atom. The number of rotatable bonds is 5. The lowest BCUT2D eigenvalue weighted by Crippen LogP contribution is -2.43. The van der Waals surface area contributed by atoms with E-state index in [2.05, 4.69) is 50.0 Å². The van der Waals surface area contributed by atoms with Crippen LogP contribution in [0, 0.1) is 0 Å². The minimum Gasteiger partial charge on any atom is -0.300 e. The molecule has 7 heteroatoms. The van der Waals surface area contributed by atoms with E-state index < -0.39 is 11.7 Å². The lowest BCUT2D eigenvalue weighted by atomic mass is 9.89. The molecule has 4 nitrogen and oxygen atoms in total. The first-order valence-corrected chi connectivity index (χ1v) is 12.2. The Hall–Kier alpha value is -1.96. The van der Waals surface area contributed by atoms with E-state index in [1.54, 1.807) is 0 Å². The fourth-order valence-electron chi connectivity index (χ4n) is 5.75. The van der Waals surface area contributed by atoms with Crippen LogP contribution in [-0.2, 0) is 19.1 Å². The monoisotopic (exact) mass is 458 g/mol. The molecule has 4 heterocycles. The molecule has 1 aromatic heterocycles. The largest absolute Gasteiger partial charge is 0.417 e. The molecule has 0 saturated carbocycles. The summed E-state index contributed by atoms with van der Waals surface area (Å²) in [7, 11) is 0. The molecule has 0 spiro atoms. The van der Waals surface area contributed by atoms with Gasteiger partial charge in [0.25, 0.3) is 0 Å². The van der Waals surface area contributed by atoms with E-state index >= 15 is 0 Å². The van der Waals surface area contributed by atoms with E-state index in [4.69, 9.17) is 0 Å². The van der Waals surface area contributed by atoms with Gasteiger partial charge in [-0.1, -0.05) is 30.3 Å². The zero-order valence-corrected chi connectivity index (χ0v) is 19.1. The Balaban J connectivity index is 1.08. The van der Waals surface area contributed by atoms with Gasteiger partial charge in [-0.2, -0.15) is 13.2 Å². The zero-order chi connectivity index (χ0) is 22.8. The second-order valence-corrected chi connectivity index (χ2v) is 9.82. The van der Waals surface area contributed by atoms with Gasteiger partial charge in [-0.15, -0.1) is 0 Å². The Morgan fingerprint density at radius 2 is 1.67 bits per heavy atom. The smallest absolute Gasteiger partial charge is 0.300 e. The minimum absolute atomic E-state index is 0.566. The summed E-state index contributed by atoms with van der Waals surface area (Å²) in [6, 6.07) is 12.8. The SMILES string of the molecule is FC(F)(F)c1cnc2c(c1)CN(CCN1CCC(N3CCC(c4ccccc4)CC3)C1)CC2. The van der Waals surface area contributed by atoms with Crippen LogP contribution in [-0.4, -0.2) is 71.5 Å². The molecular formula is C26H33F3N4. The Morgan fingerprint density at radius 1 is 0.909 bits per heavy atom. The van der Waals surface area contributed by atoms with Gasteiger partial charge in [-0.25, -0.2) is 0 Å². The maximum Gasteiger partial charge on any atom is 0.417 e. The first-order valence-electron chi connectivity index (χ1n) is 12.2. The maximum absolute atomic E-state index is 13.0. The van der Waals surface area contributed by atoms with Gasteiger partial charge in [0.05, 0.1) is 5.56 Å². The molecule has 0 N–H and O–H groups in total. The molecule has 1 aromatic carbocycles. The summed E-state index contributed by atoms with van der Waals surface area (Å²) in [5.41, 5.74) is 2.39. The van der Waals surface area contributed by atoms with Gasteiger partial charge in [0, 0.05) is 57.1 Å². The molecule has 1 unspecified atom stereocenters. The maximum atomic E-state index is 13.0. The lowest BCUT2D eigenvalue weighted by Gasteiger charge is -2.36. The number of piperidine rings is 1. The van der Waals surface area contributed by atoms with Crippen LogP contribution >= 0.6 is 0 Å². The molecule has 3 aliphatic heterocycles. The van der Waals surface area contributed by atoms with Crippen LogP contribution in [0.3, 0.4) is 0 Å². The average molecular weight is 459 g/mol. The van der Waals surface area contributed by atoms with E-state index in [1.165, 1.54) is 44.0 Å². The third-order valence-corrected chi connectivity index (χ3v) is 7.74. The van der Waals surface area contributed by atoms with Gasteiger partial charge in [0.1, 0.15) is 0 Å². The molecule has 178 valence electrons. The number of aromatic nitrogens is 1. The normalized spacial score (nSPS) is 23.7. The lowest BCUT2D eigenvalue weighted by molar-refractivity contribution is -0.137. The van der Waals surface area contributed by atoms with E-state index in [0.29, 0.717) is 18.5 Å². The van der Waals surface area contributed by atoms with Crippen LogP contribution in [0.4, 0.5) is 13.2 Å². The molecular weight excluding hydrogens is 425 g/mol. The van der Waals surface area contributed by atoms with Crippen LogP contribution in [0.15, 0.2) is 42.6 Å². The van der Waals surface area contributed by atoms with Crippen molar-refractivity contribution < 1.29 is 13.2 Å². The highest BCUT2D eigenvalue weighted by molar-refractivity contribution is 5.29. The van der Waals surface area contributed by atoms with E-state index in [0.717, 1.165) is 56.6 Å². The molecule has 0 radical (unpaired) electrons. The molecule has 2 saturated heterocycles. The van der Waals surface area contributed by atoms with Crippen LogP contribution < -0.4 is 0 Å². The topological polar surface area (TPSA) is 22.6 Å². The van der Waals surface area contributed by atoms with Crippen molar-refractivity contribution in [3.63, 3.8) is 0 Å². The first kappa shape index (κ1) is 22.8. The number of halogens is 3. The summed E-state index contributed by atoms with van der Waals surface area (Å²) in [4.78, 5) is 11.6. The number of pyridine rings is 1. The van der Waals surface area contributed by atoms with Crippen molar-refractivity contribution in [1.29, 1.82) is 0 Å². The zero-order valence-electron chi connectivity index (χ0n) is 19.1. The predicted octanol–water partition coefficient (Wildman–Crippen LogP) is 4.41. The molecule has 0 bridgehead atoms. The number of hydrogen-bond acceptors (Lipinski definition) is 4. The van der Waals surface area contributed by atoms with E-state index in [9.17, 15) is 13.2 Å². The summed E-state index contributed by atoms with van der Waals surface area (Å²) in [6.07, 6.45) is 1.07. The summed E-state index contributed by atoms with van der Waals surface area (Å²) in [6.45, 7) is 7.90. The Bertz CT molecular complexity index is 925. The summed E-state index contributed by atoms with van der Waals surface area (Å²) in [5.74, 6) is 0.689. The summed E-state index contributed by atoms with van der Waals surface area (Å²) in [5, 5.41) is 0. The van der Waals surface area contributed by atoms with Crippen molar-refractivity contribution in [2.75, 3.05) is 45.8 Å². The quantitative estimate of drug-likeness (QED) is 0.662. The minimum atomic E-state index is -4.33. The number of alkyl halides is 3. The molecule has 5 rings (SSSR count). The third kappa shape index (κ3) is 5.42. The number of fused-ring (bicyclic) bond motifs is 1. The van der Waals surface area contributed by atoms with Crippen LogP contribution in [0.2, 0.25) is 0 Å². The van der Waals surface area contributed by atoms with Crippen LogP contribution in [0.25, 0.3) is 0 Å². The van der Waals surface area contributed by atoms with Gasteiger partial charge in [0.15, 0.2) is 0 Å². The van der Waals surface area contributed by atoms with Gasteiger partial charge < -0.3 is 4.90 Å². The number of nitrogens with zero attached hydrogens (tertiary/aromatic N) is 4. The third-order valence-electron chi connectivity index (χ3n) is 7.74. The molecule has 3 aliphatic rings.